The fourth-order valence-electron chi connectivity index (χ4n) is 0.501. The molecule has 0 aliphatic heterocycles. The van der Waals surface area contributed by atoms with Crippen molar-refractivity contribution in [2.24, 2.45) is 0 Å². The second kappa shape index (κ2) is 2.52. The molecule has 1 heterocycles. The van der Waals surface area contributed by atoms with Gasteiger partial charge in [0.2, 0.25) is 5.43 Å². The second-order valence-electron chi connectivity index (χ2n) is 1.66. The highest BCUT2D eigenvalue weighted by Crippen LogP contribution is 2.05. The first-order chi connectivity index (χ1) is 4.61. The molecule has 1 aromatic rings. The highest BCUT2D eigenvalue weighted by Gasteiger charge is 2.01. The second-order valence-corrected chi connectivity index (χ2v) is 2.48. The number of pyridine rings is 1. The molecule has 0 bridgehead atoms. The van der Waals surface area contributed by atoms with Gasteiger partial charge in [-0.2, -0.15) is 4.73 Å². The zero-order valence-corrected chi connectivity index (χ0v) is 6.23. The van der Waals surface area contributed by atoms with E-state index in [0.717, 1.165) is 12.4 Å². The van der Waals surface area contributed by atoms with Crippen molar-refractivity contribution in [2.45, 2.75) is 0 Å². The molecular formula is C5H3Cl2NO2. The van der Waals surface area contributed by atoms with E-state index < -0.39 is 5.43 Å². The summed E-state index contributed by atoms with van der Waals surface area (Å²) in [5.41, 5.74) is -0.478. The molecule has 54 valence electrons. The number of rotatable bonds is 0. The van der Waals surface area contributed by atoms with E-state index in [9.17, 15) is 4.79 Å². The van der Waals surface area contributed by atoms with Crippen LogP contribution in [0.25, 0.3) is 0 Å². The van der Waals surface area contributed by atoms with Crippen LogP contribution in [0, 0.1) is 0 Å². The first kappa shape index (κ1) is 7.44. The van der Waals surface area contributed by atoms with Gasteiger partial charge in [0, 0.05) is 0 Å². The number of hydrogen-bond acceptors (Lipinski definition) is 2. The predicted octanol–water partition coefficient (Wildman–Crippen LogP) is 1.39. The van der Waals surface area contributed by atoms with Crippen molar-refractivity contribution >= 4 is 23.2 Å². The van der Waals surface area contributed by atoms with Gasteiger partial charge < -0.3 is 5.21 Å². The van der Waals surface area contributed by atoms with Gasteiger partial charge in [0.25, 0.3) is 0 Å². The Balaban J connectivity index is 3.46. The molecule has 0 unspecified atom stereocenters. The molecule has 0 radical (unpaired) electrons. The smallest absolute Gasteiger partial charge is 0.218 e. The third-order valence-electron chi connectivity index (χ3n) is 0.925. The zero-order valence-electron chi connectivity index (χ0n) is 4.71. The van der Waals surface area contributed by atoms with E-state index in [1.807, 2.05) is 0 Å². The van der Waals surface area contributed by atoms with Crippen LogP contribution < -0.4 is 5.43 Å². The van der Waals surface area contributed by atoms with Crippen molar-refractivity contribution in [3.8, 4) is 0 Å². The molecule has 0 aliphatic rings. The first-order valence-corrected chi connectivity index (χ1v) is 3.13. The Labute approximate surface area is 66.4 Å². The molecule has 0 saturated heterocycles. The highest BCUT2D eigenvalue weighted by molar-refractivity contribution is 6.34. The maximum Gasteiger partial charge on any atom is 0.218 e. The van der Waals surface area contributed by atoms with E-state index in [1.54, 1.807) is 0 Å². The van der Waals surface area contributed by atoms with Crippen LogP contribution in [0.2, 0.25) is 10.0 Å². The lowest BCUT2D eigenvalue weighted by Crippen LogP contribution is -2.06. The Morgan fingerprint density at radius 2 is 1.70 bits per heavy atom. The maximum atomic E-state index is 10.7. The standard InChI is InChI=1S/C5H3Cl2NO2/c6-3-1-8(10)2-4(7)5(3)9/h1-2,10H. The molecule has 0 fully saturated rings. The van der Waals surface area contributed by atoms with Crippen LogP contribution in [0.15, 0.2) is 17.2 Å². The molecule has 0 saturated carbocycles. The molecule has 10 heavy (non-hydrogen) atoms. The van der Waals surface area contributed by atoms with Crippen molar-refractivity contribution in [1.82, 2.24) is 4.73 Å². The molecule has 3 nitrogen and oxygen atoms in total. The van der Waals surface area contributed by atoms with Gasteiger partial charge in [-0.1, -0.05) is 23.2 Å². The molecule has 0 spiro atoms. The quantitative estimate of drug-likeness (QED) is 0.613. The third-order valence-corrected chi connectivity index (χ3v) is 1.46. The highest BCUT2D eigenvalue weighted by atomic mass is 35.5. The van der Waals surface area contributed by atoms with E-state index in [0.29, 0.717) is 4.73 Å². The zero-order chi connectivity index (χ0) is 7.72. The van der Waals surface area contributed by atoms with Crippen molar-refractivity contribution in [3.05, 3.63) is 32.7 Å². The molecule has 0 atom stereocenters. The lowest BCUT2D eigenvalue weighted by molar-refractivity contribution is 0.184. The minimum Gasteiger partial charge on any atom is -0.429 e. The van der Waals surface area contributed by atoms with E-state index in [1.165, 1.54) is 0 Å². The lowest BCUT2D eigenvalue weighted by Gasteiger charge is -1.95. The van der Waals surface area contributed by atoms with Gasteiger partial charge in [0.05, 0.1) is 12.4 Å². The molecule has 0 aromatic carbocycles. The predicted molar refractivity (Wildman–Crippen MR) is 37.9 cm³/mol. The van der Waals surface area contributed by atoms with Crippen LogP contribution in [0.4, 0.5) is 0 Å². The summed E-state index contributed by atoms with van der Waals surface area (Å²) in [5, 5.41) is 8.52. The minimum atomic E-state index is -0.478. The summed E-state index contributed by atoms with van der Waals surface area (Å²) in [6.07, 6.45) is 2.13. The minimum absolute atomic E-state index is 0.102. The van der Waals surface area contributed by atoms with E-state index in [-0.39, 0.29) is 10.0 Å². The Bertz CT molecular complexity index is 281. The largest absolute Gasteiger partial charge is 0.429 e. The average Bonchev–Trinajstić information content (AvgIpc) is 1.82. The van der Waals surface area contributed by atoms with Gasteiger partial charge in [-0.05, 0) is 0 Å². The van der Waals surface area contributed by atoms with Crippen molar-refractivity contribution in [2.75, 3.05) is 0 Å². The molecule has 1 rings (SSSR count). The summed E-state index contributed by atoms with van der Waals surface area (Å²) in [5.74, 6) is 0. The Kier molecular flexibility index (Phi) is 1.87. The van der Waals surface area contributed by atoms with Crippen LogP contribution in [-0.2, 0) is 0 Å². The molecular weight excluding hydrogens is 177 g/mol. The summed E-state index contributed by atoms with van der Waals surface area (Å²) in [7, 11) is 0. The Morgan fingerprint density at radius 1 is 1.30 bits per heavy atom. The molecule has 5 heteroatoms. The summed E-state index contributed by atoms with van der Waals surface area (Å²) in [4.78, 5) is 10.7. The molecule has 1 aromatic heterocycles. The average molecular weight is 180 g/mol. The van der Waals surface area contributed by atoms with Gasteiger partial charge in [0.15, 0.2) is 0 Å². The SMILES string of the molecule is O=c1c(Cl)cn(O)cc1Cl. The van der Waals surface area contributed by atoms with Crippen LogP contribution in [0.5, 0.6) is 0 Å². The van der Waals surface area contributed by atoms with Crippen LogP contribution >= 0.6 is 23.2 Å². The topological polar surface area (TPSA) is 42.2 Å². The normalized spacial score (nSPS) is 9.80. The van der Waals surface area contributed by atoms with Crippen molar-refractivity contribution in [1.29, 1.82) is 0 Å². The Hall–Kier alpha value is -0.670. The van der Waals surface area contributed by atoms with Crippen LogP contribution in [0.3, 0.4) is 0 Å². The third kappa shape index (κ3) is 1.25. The lowest BCUT2D eigenvalue weighted by atomic mass is 10.5. The van der Waals surface area contributed by atoms with E-state index >= 15 is 0 Å². The van der Waals surface area contributed by atoms with Crippen LogP contribution in [-0.4, -0.2) is 9.94 Å². The number of hydrogen-bond donors (Lipinski definition) is 1. The summed E-state index contributed by atoms with van der Waals surface area (Å²) < 4.78 is 0.631. The number of nitrogens with zero attached hydrogens (tertiary/aromatic N) is 1. The first-order valence-electron chi connectivity index (χ1n) is 2.38. The van der Waals surface area contributed by atoms with Gasteiger partial charge in [-0.3, -0.25) is 4.79 Å². The van der Waals surface area contributed by atoms with Crippen LogP contribution in [0.1, 0.15) is 0 Å². The molecule has 1 N–H and O–H groups in total. The van der Waals surface area contributed by atoms with E-state index in [4.69, 9.17) is 28.4 Å². The summed E-state index contributed by atoms with van der Waals surface area (Å²) in [6, 6.07) is 0. The summed E-state index contributed by atoms with van der Waals surface area (Å²) >= 11 is 10.7. The monoisotopic (exact) mass is 179 g/mol. The number of halogens is 2. The fraction of sp³-hybridized carbons (Fsp3) is 0. The molecule has 0 amide bonds. The van der Waals surface area contributed by atoms with E-state index in [2.05, 4.69) is 0 Å². The van der Waals surface area contributed by atoms with Gasteiger partial charge >= 0.3 is 0 Å². The summed E-state index contributed by atoms with van der Waals surface area (Å²) in [6.45, 7) is 0. The maximum absolute atomic E-state index is 10.7. The number of aromatic nitrogens is 1. The van der Waals surface area contributed by atoms with Gasteiger partial charge in [0.1, 0.15) is 10.0 Å². The van der Waals surface area contributed by atoms with Gasteiger partial charge in [-0.25, -0.2) is 0 Å². The fourth-order valence-corrected chi connectivity index (χ4v) is 0.953. The Morgan fingerprint density at radius 3 is 2.10 bits per heavy atom. The van der Waals surface area contributed by atoms with Gasteiger partial charge in [-0.15, -0.1) is 0 Å². The molecule has 0 aliphatic carbocycles. The van der Waals surface area contributed by atoms with Crippen molar-refractivity contribution in [3.63, 3.8) is 0 Å². The van der Waals surface area contributed by atoms with Crippen molar-refractivity contribution < 1.29 is 5.21 Å².